The number of halogens is 1. The SMILES string of the molecule is Cn1c(C(=O)NCCN2CCCC2)cc2oc(Br)cc21. The Balaban J connectivity index is 1.62. The Morgan fingerprint density at radius 3 is 2.85 bits per heavy atom. The van der Waals surface area contributed by atoms with E-state index in [2.05, 4.69) is 26.1 Å². The summed E-state index contributed by atoms with van der Waals surface area (Å²) in [6, 6.07) is 3.65. The molecule has 2 aromatic heterocycles. The zero-order chi connectivity index (χ0) is 14.1. The predicted octanol–water partition coefficient (Wildman–Crippen LogP) is 2.36. The van der Waals surface area contributed by atoms with E-state index in [-0.39, 0.29) is 5.91 Å². The van der Waals surface area contributed by atoms with Crippen molar-refractivity contribution < 1.29 is 9.21 Å². The molecule has 3 heterocycles. The van der Waals surface area contributed by atoms with Crippen LogP contribution in [0, 0.1) is 0 Å². The molecule has 0 radical (unpaired) electrons. The minimum Gasteiger partial charge on any atom is -0.448 e. The smallest absolute Gasteiger partial charge is 0.268 e. The first-order valence-corrected chi connectivity index (χ1v) is 7.70. The summed E-state index contributed by atoms with van der Waals surface area (Å²) in [6.45, 7) is 3.93. The van der Waals surface area contributed by atoms with Crippen LogP contribution in [0.5, 0.6) is 0 Å². The molecule has 0 aromatic carbocycles. The maximum Gasteiger partial charge on any atom is 0.268 e. The molecule has 0 aliphatic carbocycles. The van der Waals surface area contributed by atoms with Gasteiger partial charge in [0.25, 0.3) is 5.91 Å². The zero-order valence-electron chi connectivity index (χ0n) is 11.5. The van der Waals surface area contributed by atoms with Gasteiger partial charge in [0, 0.05) is 32.3 Å². The fourth-order valence-corrected chi connectivity index (χ4v) is 3.12. The molecular formula is C14H18BrN3O2. The fraction of sp³-hybridized carbons (Fsp3) is 0.500. The second-order valence-corrected chi connectivity index (χ2v) is 5.97. The van der Waals surface area contributed by atoms with E-state index < -0.39 is 0 Å². The number of furan rings is 1. The molecule has 1 aliphatic rings. The van der Waals surface area contributed by atoms with Crippen LogP contribution in [0.3, 0.4) is 0 Å². The van der Waals surface area contributed by atoms with Crippen LogP contribution >= 0.6 is 15.9 Å². The van der Waals surface area contributed by atoms with Gasteiger partial charge in [0.15, 0.2) is 10.3 Å². The zero-order valence-corrected chi connectivity index (χ0v) is 13.1. The Morgan fingerprint density at radius 1 is 1.40 bits per heavy atom. The van der Waals surface area contributed by atoms with E-state index >= 15 is 0 Å². The third-order valence-corrected chi connectivity index (χ3v) is 4.24. The van der Waals surface area contributed by atoms with Crippen molar-refractivity contribution in [2.75, 3.05) is 26.2 Å². The Kier molecular flexibility index (Phi) is 3.85. The number of nitrogens with one attached hydrogen (secondary N) is 1. The second-order valence-electron chi connectivity index (χ2n) is 5.19. The van der Waals surface area contributed by atoms with Gasteiger partial charge in [-0.3, -0.25) is 4.79 Å². The van der Waals surface area contributed by atoms with E-state index in [1.54, 1.807) is 6.07 Å². The van der Waals surface area contributed by atoms with Crippen molar-refractivity contribution in [1.82, 2.24) is 14.8 Å². The molecule has 1 amide bonds. The summed E-state index contributed by atoms with van der Waals surface area (Å²) in [4.78, 5) is 14.6. The van der Waals surface area contributed by atoms with Crippen molar-refractivity contribution in [3.63, 3.8) is 0 Å². The van der Waals surface area contributed by atoms with E-state index in [0.29, 0.717) is 16.9 Å². The normalized spacial score (nSPS) is 16.1. The third-order valence-electron chi connectivity index (χ3n) is 3.85. The molecule has 6 heteroatoms. The lowest BCUT2D eigenvalue weighted by Crippen LogP contribution is -2.34. The van der Waals surface area contributed by atoms with Gasteiger partial charge in [0.05, 0.1) is 5.52 Å². The lowest BCUT2D eigenvalue weighted by molar-refractivity contribution is 0.0942. The summed E-state index contributed by atoms with van der Waals surface area (Å²) < 4.78 is 8.01. The fourth-order valence-electron chi connectivity index (χ4n) is 2.72. The van der Waals surface area contributed by atoms with Gasteiger partial charge in [-0.2, -0.15) is 0 Å². The van der Waals surface area contributed by atoms with Crippen molar-refractivity contribution in [3.8, 4) is 0 Å². The highest BCUT2D eigenvalue weighted by Crippen LogP contribution is 2.25. The van der Waals surface area contributed by atoms with Crippen molar-refractivity contribution in [1.29, 1.82) is 0 Å². The molecule has 0 atom stereocenters. The summed E-state index contributed by atoms with van der Waals surface area (Å²) in [5, 5.41) is 2.98. The average molecular weight is 340 g/mol. The largest absolute Gasteiger partial charge is 0.448 e. The van der Waals surface area contributed by atoms with Crippen molar-refractivity contribution in [2.45, 2.75) is 12.8 Å². The first-order chi connectivity index (χ1) is 9.65. The number of aromatic nitrogens is 1. The van der Waals surface area contributed by atoms with Crippen LogP contribution in [0.2, 0.25) is 0 Å². The summed E-state index contributed by atoms with van der Waals surface area (Å²) in [6.07, 6.45) is 2.55. The van der Waals surface area contributed by atoms with Crippen LogP contribution < -0.4 is 5.32 Å². The van der Waals surface area contributed by atoms with Crippen LogP contribution in [-0.4, -0.2) is 41.6 Å². The number of aryl methyl sites for hydroxylation is 1. The molecule has 5 nitrogen and oxygen atoms in total. The van der Waals surface area contributed by atoms with Gasteiger partial charge < -0.3 is 19.2 Å². The molecule has 20 heavy (non-hydrogen) atoms. The molecule has 0 bridgehead atoms. The minimum absolute atomic E-state index is 0.0470. The molecule has 108 valence electrons. The number of amides is 1. The van der Waals surface area contributed by atoms with Gasteiger partial charge in [-0.25, -0.2) is 0 Å². The van der Waals surface area contributed by atoms with Crippen LogP contribution in [0.1, 0.15) is 23.3 Å². The van der Waals surface area contributed by atoms with Crippen molar-refractivity contribution in [3.05, 3.63) is 22.5 Å². The molecule has 0 unspecified atom stereocenters. The molecule has 1 fully saturated rings. The van der Waals surface area contributed by atoms with Crippen LogP contribution in [0.15, 0.2) is 21.2 Å². The van der Waals surface area contributed by atoms with Crippen molar-refractivity contribution >= 4 is 32.9 Å². The van der Waals surface area contributed by atoms with E-state index in [4.69, 9.17) is 4.42 Å². The number of carbonyl (C=O) groups excluding carboxylic acids is 1. The molecule has 0 spiro atoms. The van der Waals surface area contributed by atoms with Gasteiger partial charge in [-0.05, 0) is 41.9 Å². The molecule has 1 aliphatic heterocycles. The van der Waals surface area contributed by atoms with Gasteiger partial charge in [-0.15, -0.1) is 0 Å². The number of likely N-dealkylation sites (tertiary alicyclic amines) is 1. The highest BCUT2D eigenvalue weighted by molar-refractivity contribution is 9.10. The highest BCUT2D eigenvalue weighted by atomic mass is 79.9. The molecule has 2 aromatic rings. The van der Waals surface area contributed by atoms with E-state index in [1.807, 2.05) is 17.7 Å². The molecule has 0 saturated carbocycles. The van der Waals surface area contributed by atoms with Gasteiger partial charge in [0.1, 0.15) is 5.69 Å². The molecule has 1 saturated heterocycles. The Labute approximate surface area is 126 Å². The van der Waals surface area contributed by atoms with E-state index in [1.165, 1.54) is 12.8 Å². The Bertz CT molecular complexity index is 626. The average Bonchev–Trinajstić information content (AvgIpc) is 3.09. The van der Waals surface area contributed by atoms with Crippen LogP contribution in [0.4, 0.5) is 0 Å². The third kappa shape index (κ3) is 2.62. The molecular weight excluding hydrogens is 322 g/mol. The monoisotopic (exact) mass is 339 g/mol. The van der Waals surface area contributed by atoms with Gasteiger partial charge in [0.2, 0.25) is 0 Å². The number of nitrogens with zero attached hydrogens (tertiary/aromatic N) is 2. The van der Waals surface area contributed by atoms with E-state index in [0.717, 1.165) is 30.7 Å². The van der Waals surface area contributed by atoms with Crippen molar-refractivity contribution in [2.24, 2.45) is 7.05 Å². The maximum absolute atomic E-state index is 12.2. The molecule has 3 rings (SSSR count). The van der Waals surface area contributed by atoms with Gasteiger partial charge in [-0.1, -0.05) is 0 Å². The number of rotatable bonds is 4. The summed E-state index contributed by atoms with van der Waals surface area (Å²) in [5.74, 6) is -0.0470. The topological polar surface area (TPSA) is 50.4 Å². The Morgan fingerprint density at radius 2 is 2.15 bits per heavy atom. The number of hydrogen-bond donors (Lipinski definition) is 1. The first kappa shape index (κ1) is 13.7. The summed E-state index contributed by atoms with van der Waals surface area (Å²) in [5.41, 5.74) is 2.28. The lowest BCUT2D eigenvalue weighted by atomic mass is 10.4. The van der Waals surface area contributed by atoms with Crippen LogP contribution in [0.25, 0.3) is 11.1 Å². The summed E-state index contributed by atoms with van der Waals surface area (Å²) >= 11 is 3.29. The predicted molar refractivity (Wildman–Crippen MR) is 80.9 cm³/mol. The Hall–Kier alpha value is -1.27. The highest BCUT2D eigenvalue weighted by Gasteiger charge is 2.17. The summed E-state index contributed by atoms with van der Waals surface area (Å²) in [7, 11) is 1.87. The first-order valence-electron chi connectivity index (χ1n) is 6.90. The van der Waals surface area contributed by atoms with Crippen LogP contribution in [-0.2, 0) is 7.05 Å². The van der Waals surface area contributed by atoms with Gasteiger partial charge >= 0.3 is 0 Å². The minimum atomic E-state index is -0.0470. The second kappa shape index (κ2) is 5.61. The quantitative estimate of drug-likeness (QED) is 0.930. The maximum atomic E-state index is 12.2. The lowest BCUT2D eigenvalue weighted by Gasteiger charge is -2.14. The number of hydrogen-bond acceptors (Lipinski definition) is 3. The van der Waals surface area contributed by atoms with E-state index in [9.17, 15) is 4.79 Å². The molecule has 1 N–H and O–H groups in total. The number of carbonyl (C=O) groups is 1. The standard InChI is InChI=1S/C14H18BrN3O2/c1-17-10-9-13(15)20-12(10)8-11(17)14(19)16-4-7-18-5-2-3-6-18/h8-9H,2-7H2,1H3,(H,16,19). The number of fused-ring (bicyclic) bond motifs is 1.